The molecule has 3 rings (SSSR count). The van der Waals surface area contributed by atoms with Gasteiger partial charge in [0.05, 0.1) is 17.6 Å². The largest absolute Gasteiger partial charge is 0.382 e. The molecular weight excluding hydrogens is 380 g/mol. The van der Waals surface area contributed by atoms with Crippen LogP contribution in [0.3, 0.4) is 0 Å². The highest BCUT2D eigenvalue weighted by Gasteiger charge is 2.15. The molecule has 2 amide bonds. The molecule has 7 heteroatoms. The van der Waals surface area contributed by atoms with Gasteiger partial charge in [-0.25, -0.2) is 4.98 Å². The molecule has 0 fully saturated rings. The molecule has 1 aromatic heterocycles. The highest BCUT2D eigenvalue weighted by atomic mass is 16.5. The number of para-hydroxylation sites is 2. The standard InChI is InChI=1S/C23H28N4O3/c1-3-30-14-8-13-24-22(28)16-27-20-12-7-6-11-19(20)26-21(27)15-25-23(29)18-10-5-4-9-17(18)2/h4-7,9-12H,3,8,13-16H2,1-2H3,(H,24,28)(H,25,29). The lowest BCUT2D eigenvalue weighted by Gasteiger charge is -2.11. The number of aryl methyl sites for hydroxylation is 1. The summed E-state index contributed by atoms with van der Waals surface area (Å²) in [5.41, 5.74) is 3.20. The zero-order chi connectivity index (χ0) is 21.3. The molecule has 0 saturated carbocycles. The van der Waals surface area contributed by atoms with Crippen LogP contribution in [0.1, 0.15) is 35.1 Å². The van der Waals surface area contributed by atoms with Crippen LogP contribution < -0.4 is 10.6 Å². The van der Waals surface area contributed by atoms with Crippen molar-refractivity contribution in [1.82, 2.24) is 20.2 Å². The Morgan fingerprint density at radius 1 is 1.07 bits per heavy atom. The smallest absolute Gasteiger partial charge is 0.251 e. The fourth-order valence-corrected chi connectivity index (χ4v) is 3.26. The van der Waals surface area contributed by atoms with Gasteiger partial charge >= 0.3 is 0 Å². The number of aromatic nitrogens is 2. The number of carbonyl (C=O) groups is 2. The van der Waals surface area contributed by atoms with Crippen molar-refractivity contribution in [3.05, 3.63) is 65.5 Å². The number of nitrogens with one attached hydrogen (secondary N) is 2. The third kappa shape index (κ3) is 5.45. The molecule has 2 aromatic carbocycles. The van der Waals surface area contributed by atoms with Crippen molar-refractivity contribution in [3.8, 4) is 0 Å². The molecule has 0 aliphatic carbocycles. The van der Waals surface area contributed by atoms with E-state index >= 15 is 0 Å². The summed E-state index contributed by atoms with van der Waals surface area (Å²) >= 11 is 0. The first-order chi connectivity index (χ1) is 14.6. The van der Waals surface area contributed by atoms with Crippen molar-refractivity contribution in [2.45, 2.75) is 33.4 Å². The number of rotatable bonds is 10. The molecule has 0 spiro atoms. The fraction of sp³-hybridized carbons (Fsp3) is 0.348. The molecule has 0 saturated heterocycles. The van der Waals surface area contributed by atoms with Gasteiger partial charge in [0.1, 0.15) is 12.4 Å². The van der Waals surface area contributed by atoms with E-state index in [1.165, 1.54) is 0 Å². The number of fused-ring (bicyclic) bond motifs is 1. The topological polar surface area (TPSA) is 85.2 Å². The van der Waals surface area contributed by atoms with Crippen molar-refractivity contribution < 1.29 is 14.3 Å². The Balaban J connectivity index is 1.69. The molecule has 2 N–H and O–H groups in total. The van der Waals surface area contributed by atoms with Crippen molar-refractivity contribution >= 4 is 22.8 Å². The summed E-state index contributed by atoms with van der Waals surface area (Å²) < 4.78 is 7.14. The predicted molar refractivity (Wildman–Crippen MR) is 116 cm³/mol. The Morgan fingerprint density at radius 3 is 2.63 bits per heavy atom. The van der Waals surface area contributed by atoms with E-state index in [9.17, 15) is 9.59 Å². The van der Waals surface area contributed by atoms with E-state index in [-0.39, 0.29) is 24.9 Å². The average Bonchev–Trinajstić information content (AvgIpc) is 3.09. The number of ether oxygens (including phenoxy) is 1. The van der Waals surface area contributed by atoms with Crippen LogP contribution in [-0.2, 0) is 22.6 Å². The van der Waals surface area contributed by atoms with Crippen LogP contribution in [0, 0.1) is 6.92 Å². The first-order valence-corrected chi connectivity index (χ1v) is 10.2. The number of hydrogen-bond acceptors (Lipinski definition) is 4. The number of amides is 2. The summed E-state index contributed by atoms with van der Waals surface area (Å²) in [5.74, 6) is 0.385. The van der Waals surface area contributed by atoms with Crippen molar-refractivity contribution in [1.29, 1.82) is 0 Å². The highest BCUT2D eigenvalue weighted by Crippen LogP contribution is 2.16. The lowest BCUT2D eigenvalue weighted by Crippen LogP contribution is -2.31. The Bertz CT molecular complexity index is 1010. The molecule has 0 atom stereocenters. The SMILES string of the molecule is CCOCCCNC(=O)Cn1c(CNC(=O)c2ccccc2C)nc2ccccc21. The number of carbonyl (C=O) groups excluding carboxylic acids is 2. The molecule has 0 unspecified atom stereocenters. The van der Waals surface area contributed by atoms with Gasteiger partial charge in [-0.15, -0.1) is 0 Å². The Labute approximate surface area is 176 Å². The van der Waals surface area contributed by atoms with Crippen LogP contribution in [0.5, 0.6) is 0 Å². The minimum Gasteiger partial charge on any atom is -0.382 e. The van der Waals surface area contributed by atoms with E-state index in [4.69, 9.17) is 4.74 Å². The van der Waals surface area contributed by atoms with Gasteiger partial charge in [0.15, 0.2) is 0 Å². The summed E-state index contributed by atoms with van der Waals surface area (Å²) in [5, 5.41) is 5.84. The molecule has 7 nitrogen and oxygen atoms in total. The monoisotopic (exact) mass is 408 g/mol. The number of nitrogens with zero attached hydrogens (tertiary/aromatic N) is 2. The van der Waals surface area contributed by atoms with Crippen LogP contribution in [0.15, 0.2) is 48.5 Å². The summed E-state index contributed by atoms with van der Waals surface area (Å²) in [7, 11) is 0. The maximum Gasteiger partial charge on any atom is 0.251 e. The molecule has 1 heterocycles. The van der Waals surface area contributed by atoms with Gasteiger partial charge in [-0.05, 0) is 44.0 Å². The predicted octanol–water partition coefficient (Wildman–Crippen LogP) is 2.82. The molecule has 158 valence electrons. The van der Waals surface area contributed by atoms with E-state index in [2.05, 4.69) is 15.6 Å². The van der Waals surface area contributed by atoms with Gasteiger partial charge in [-0.2, -0.15) is 0 Å². The zero-order valence-electron chi connectivity index (χ0n) is 17.5. The van der Waals surface area contributed by atoms with Crippen LogP contribution in [0.2, 0.25) is 0 Å². The van der Waals surface area contributed by atoms with E-state index in [0.717, 1.165) is 23.0 Å². The van der Waals surface area contributed by atoms with Crippen LogP contribution >= 0.6 is 0 Å². The van der Waals surface area contributed by atoms with Crippen LogP contribution in [-0.4, -0.2) is 41.1 Å². The lowest BCUT2D eigenvalue weighted by molar-refractivity contribution is -0.121. The second kappa shape index (κ2) is 10.5. The second-order valence-corrected chi connectivity index (χ2v) is 7.00. The lowest BCUT2D eigenvalue weighted by atomic mass is 10.1. The molecule has 3 aromatic rings. The minimum atomic E-state index is -0.160. The zero-order valence-corrected chi connectivity index (χ0v) is 17.5. The third-order valence-corrected chi connectivity index (χ3v) is 4.82. The number of hydrogen-bond donors (Lipinski definition) is 2. The van der Waals surface area contributed by atoms with E-state index in [1.807, 2.05) is 60.9 Å². The first kappa shape index (κ1) is 21.5. The van der Waals surface area contributed by atoms with Crippen molar-refractivity contribution in [2.24, 2.45) is 0 Å². The van der Waals surface area contributed by atoms with E-state index < -0.39 is 0 Å². The van der Waals surface area contributed by atoms with Gasteiger partial charge in [0.2, 0.25) is 5.91 Å². The third-order valence-electron chi connectivity index (χ3n) is 4.82. The fourth-order valence-electron chi connectivity index (χ4n) is 3.26. The Hall–Kier alpha value is -3.19. The van der Waals surface area contributed by atoms with E-state index in [0.29, 0.717) is 31.1 Å². The number of benzene rings is 2. The van der Waals surface area contributed by atoms with Crippen molar-refractivity contribution in [3.63, 3.8) is 0 Å². The summed E-state index contributed by atoms with van der Waals surface area (Å²) in [6, 6.07) is 15.1. The van der Waals surface area contributed by atoms with Gasteiger partial charge in [-0.1, -0.05) is 30.3 Å². The molecule has 0 radical (unpaired) electrons. The van der Waals surface area contributed by atoms with Crippen LogP contribution in [0.25, 0.3) is 11.0 Å². The first-order valence-electron chi connectivity index (χ1n) is 10.2. The maximum absolute atomic E-state index is 12.6. The molecule has 30 heavy (non-hydrogen) atoms. The molecule has 0 aliphatic heterocycles. The van der Waals surface area contributed by atoms with Gasteiger partial charge in [0, 0.05) is 25.3 Å². The molecular formula is C23H28N4O3. The molecule has 0 aliphatic rings. The normalized spacial score (nSPS) is 10.9. The molecule has 0 bridgehead atoms. The summed E-state index contributed by atoms with van der Waals surface area (Å²) in [6.07, 6.45) is 0.767. The highest BCUT2D eigenvalue weighted by molar-refractivity contribution is 5.95. The number of imidazole rings is 1. The maximum atomic E-state index is 12.6. The van der Waals surface area contributed by atoms with Crippen LogP contribution in [0.4, 0.5) is 0 Å². The van der Waals surface area contributed by atoms with Gasteiger partial charge in [0.25, 0.3) is 5.91 Å². The van der Waals surface area contributed by atoms with Gasteiger partial charge < -0.3 is 19.9 Å². The van der Waals surface area contributed by atoms with Crippen molar-refractivity contribution in [2.75, 3.05) is 19.8 Å². The summed E-state index contributed by atoms with van der Waals surface area (Å²) in [4.78, 5) is 29.7. The van der Waals surface area contributed by atoms with Gasteiger partial charge in [-0.3, -0.25) is 9.59 Å². The summed E-state index contributed by atoms with van der Waals surface area (Å²) in [6.45, 7) is 6.09. The van der Waals surface area contributed by atoms with E-state index in [1.54, 1.807) is 6.07 Å². The minimum absolute atomic E-state index is 0.0962. The quantitative estimate of drug-likeness (QED) is 0.505. The Kier molecular flexibility index (Phi) is 7.57. The average molecular weight is 409 g/mol. The second-order valence-electron chi connectivity index (χ2n) is 7.00. The Morgan fingerprint density at radius 2 is 1.83 bits per heavy atom.